The Kier molecular flexibility index (Phi) is 7.18. The first-order chi connectivity index (χ1) is 13.7. The maximum atomic E-state index is 12.1. The minimum absolute atomic E-state index is 0.0312. The zero-order chi connectivity index (χ0) is 19.8. The van der Waals surface area contributed by atoms with Gasteiger partial charge in [-0.25, -0.2) is 9.97 Å². The van der Waals surface area contributed by atoms with Gasteiger partial charge in [-0.1, -0.05) is 15.9 Å². The summed E-state index contributed by atoms with van der Waals surface area (Å²) in [6.07, 6.45) is 3.88. The molecule has 1 aromatic heterocycles. The van der Waals surface area contributed by atoms with Crippen molar-refractivity contribution in [2.45, 2.75) is 6.42 Å². The lowest BCUT2D eigenvalue weighted by Gasteiger charge is -2.36. The highest BCUT2D eigenvalue weighted by Crippen LogP contribution is 2.14. The van der Waals surface area contributed by atoms with Gasteiger partial charge in [-0.2, -0.15) is 0 Å². The minimum atomic E-state index is -0.0312. The Morgan fingerprint density at radius 1 is 1.14 bits per heavy atom. The topological polar surface area (TPSA) is 85.8 Å². The molecule has 1 aromatic carbocycles. The van der Waals surface area contributed by atoms with E-state index in [-0.39, 0.29) is 5.91 Å². The van der Waals surface area contributed by atoms with Crippen molar-refractivity contribution in [3.63, 3.8) is 0 Å². The molecule has 148 valence electrons. The summed E-state index contributed by atoms with van der Waals surface area (Å²) in [5.74, 6) is 1.54. The molecule has 9 heteroatoms. The van der Waals surface area contributed by atoms with E-state index in [1.807, 2.05) is 30.3 Å². The molecule has 0 bridgehead atoms. The molecule has 1 aliphatic heterocycles. The van der Waals surface area contributed by atoms with E-state index in [1.165, 1.54) is 0 Å². The Morgan fingerprint density at radius 3 is 2.46 bits per heavy atom. The number of anilines is 2. The van der Waals surface area contributed by atoms with Gasteiger partial charge in [0.15, 0.2) is 5.96 Å². The first-order valence-corrected chi connectivity index (χ1v) is 9.98. The summed E-state index contributed by atoms with van der Waals surface area (Å²) in [5.41, 5.74) is 0.789. The quantitative estimate of drug-likeness (QED) is 0.540. The number of carbonyl (C=O) groups excluding carboxylic acids is 1. The van der Waals surface area contributed by atoms with Crippen LogP contribution in [0.4, 0.5) is 11.6 Å². The smallest absolute Gasteiger partial charge is 0.226 e. The summed E-state index contributed by atoms with van der Waals surface area (Å²) in [6, 6.07) is 9.35. The van der Waals surface area contributed by atoms with E-state index in [0.29, 0.717) is 13.0 Å². The summed E-state index contributed by atoms with van der Waals surface area (Å²) >= 11 is 3.38. The van der Waals surface area contributed by atoms with Crippen molar-refractivity contribution >= 4 is 39.4 Å². The molecular formula is C19H24BrN7O. The van der Waals surface area contributed by atoms with Crippen LogP contribution < -0.4 is 15.5 Å². The summed E-state index contributed by atoms with van der Waals surface area (Å²) in [6.45, 7) is 3.83. The van der Waals surface area contributed by atoms with Crippen LogP contribution in [0.2, 0.25) is 0 Å². The normalized spacial score (nSPS) is 14.7. The lowest BCUT2D eigenvalue weighted by Crippen LogP contribution is -2.53. The van der Waals surface area contributed by atoms with Crippen LogP contribution in [0.15, 0.2) is 52.2 Å². The molecule has 0 saturated carbocycles. The van der Waals surface area contributed by atoms with Crippen LogP contribution >= 0.6 is 15.9 Å². The molecule has 0 radical (unpaired) electrons. The maximum absolute atomic E-state index is 12.1. The van der Waals surface area contributed by atoms with Crippen LogP contribution in [-0.4, -0.2) is 66.5 Å². The molecule has 0 atom stereocenters. The van der Waals surface area contributed by atoms with Crippen LogP contribution in [0.25, 0.3) is 0 Å². The second-order valence-electron chi connectivity index (χ2n) is 6.30. The van der Waals surface area contributed by atoms with E-state index in [0.717, 1.165) is 48.2 Å². The average molecular weight is 446 g/mol. The Labute approximate surface area is 173 Å². The first kappa shape index (κ1) is 20.1. The third-order valence-electron chi connectivity index (χ3n) is 4.39. The summed E-state index contributed by atoms with van der Waals surface area (Å²) in [4.78, 5) is 29.4. The monoisotopic (exact) mass is 445 g/mol. The fourth-order valence-electron chi connectivity index (χ4n) is 2.95. The number of hydrogen-bond acceptors (Lipinski definition) is 5. The predicted molar refractivity (Wildman–Crippen MR) is 115 cm³/mol. The van der Waals surface area contributed by atoms with E-state index in [9.17, 15) is 4.79 Å². The predicted octanol–water partition coefficient (Wildman–Crippen LogP) is 1.97. The number of rotatable bonds is 5. The van der Waals surface area contributed by atoms with Gasteiger partial charge in [0.2, 0.25) is 11.9 Å². The molecule has 0 unspecified atom stereocenters. The highest BCUT2D eigenvalue weighted by molar-refractivity contribution is 9.10. The molecule has 1 amide bonds. The summed E-state index contributed by atoms with van der Waals surface area (Å²) < 4.78 is 0.981. The lowest BCUT2D eigenvalue weighted by molar-refractivity contribution is -0.116. The number of aliphatic imine (C=N–C) groups is 1. The van der Waals surface area contributed by atoms with Crippen LogP contribution in [0.1, 0.15) is 6.42 Å². The van der Waals surface area contributed by atoms with Crippen molar-refractivity contribution in [2.75, 3.05) is 50.0 Å². The van der Waals surface area contributed by atoms with E-state index >= 15 is 0 Å². The molecule has 2 aromatic rings. The third-order valence-corrected chi connectivity index (χ3v) is 4.92. The van der Waals surface area contributed by atoms with Crippen molar-refractivity contribution in [1.29, 1.82) is 0 Å². The van der Waals surface area contributed by atoms with Crippen LogP contribution in [0.3, 0.4) is 0 Å². The zero-order valence-corrected chi connectivity index (χ0v) is 17.4. The second kappa shape index (κ2) is 10.0. The van der Waals surface area contributed by atoms with Gasteiger partial charge in [-0.05, 0) is 30.3 Å². The van der Waals surface area contributed by atoms with Crippen LogP contribution in [0.5, 0.6) is 0 Å². The number of aromatic nitrogens is 2. The Balaban J connectivity index is 1.41. The van der Waals surface area contributed by atoms with Gasteiger partial charge in [0, 0.05) is 68.7 Å². The largest absolute Gasteiger partial charge is 0.356 e. The van der Waals surface area contributed by atoms with Crippen molar-refractivity contribution in [3.05, 3.63) is 47.2 Å². The molecule has 2 heterocycles. The summed E-state index contributed by atoms with van der Waals surface area (Å²) in [5, 5.41) is 6.17. The molecule has 1 fully saturated rings. The van der Waals surface area contributed by atoms with Gasteiger partial charge in [-0.15, -0.1) is 0 Å². The van der Waals surface area contributed by atoms with Gasteiger partial charge < -0.3 is 20.4 Å². The number of amides is 1. The van der Waals surface area contributed by atoms with E-state index in [1.54, 1.807) is 19.4 Å². The van der Waals surface area contributed by atoms with Crippen molar-refractivity contribution in [1.82, 2.24) is 20.2 Å². The van der Waals surface area contributed by atoms with Crippen molar-refractivity contribution < 1.29 is 4.79 Å². The number of benzene rings is 1. The third kappa shape index (κ3) is 5.66. The fraction of sp³-hybridized carbons (Fsp3) is 0.368. The van der Waals surface area contributed by atoms with Gasteiger partial charge in [-0.3, -0.25) is 9.79 Å². The molecule has 8 nitrogen and oxygen atoms in total. The molecule has 3 rings (SSSR count). The molecule has 1 aliphatic rings. The lowest BCUT2D eigenvalue weighted by atomic mass is 10.3. The molecule has 28 heavy (non-hydrogen) atoms. The number of piperazine rings is 1. The SMILES string of the molecule is CN=C(NCCC(=O)Nc1ccc(Br)cc1)N1CCN(c2ncccn2)CC1. The second-order valence-corrected chi connectivity index (χ2v) is 7.22. The van der Waals surface area contributed by atoms with Crippen molar-refractivity contribution in [3.8, 4) is 0 Å². The van der Waals surface area contributed by atoms with E-state index in [4.69, 9.17) is 0 Å². The van der Waals surface area contributed by atoms with Crippen LogP contribution in [-0.2, 0) is 4.79 Å². The molecule has 0 aliphatic carbocycles. The van der Waals surface area contributed by atoms with Gasteiger partial charge in [0.05, 0.1) is 0 Å². The van der Waals surface area contributed by atoms with Crippen LogP contribution in [0, 0.1) is 0 Å². The highest BCUT2D eigenvalue weighted by atomic mass is 79.9. The Hall–Kier alpha value is -2.68. The van der Waals surface area contributed by atoms with Crippen molar-refractivity contribution in [2.24, 2.45) is 4.99 Å². The molecule has 2 N–H and O–H groups in total. The number of guanidine groups is 1. The minimum Gasteiger partial charge on any atom is -0.356 e. The summed E-state index contributed by atoms with van der Waals surface area (Å²) in [7, 11) is 1.76. The van der Waals surface area contributed by atoms with Gasteiger partial charge in [0.25, 0.3) is 0 Å². The van der Waals surface area contributed by atoms with E-state index < -0.39 is 0 Å². The Bertz CT molecular complexity index is 790. The Morgan fingerprint density at radius 2 is 1.82 bits per heavy atom. The maximum Gasteiger partial charge on any atom is 0.226 e. The number of nitrogens with zero attached hydrogens (tertiary/aromatic N) is 5. The average Bonchev–Trinajstić information content (AvgIpc) is 2.74. The zero-order valence-electron chi connectivity index (χ0n) is 15.8. The molecular weight excluding hydrogens is 422 g/mol. The van der Waals surface area contributed by atoms with E-state index in [2.05, 4.69) is 51.3 Å². The fourth-order valence-corrected chi connectivity index (χ4v) is 3.21. The number of hydrogen-bond donors (Lipinski definition) is 2. The molecule has 0 spiro atoms. The van der Waals surface area contributed by atoms with Gasteiger partial charge >= 0.3 is 0 Å². The number of nitrogens with one attached hydrogen (secondary N) is 2. The molecule has 1 saturated heterocycles. The highest BCUT2D eigenvalue weighted by Gasteiger charge is 2.21. The number of carbonyl (C=O) groups is 1. The van der Waals surface area contributed by atoms with Gasteiger partial charge in [0.1, 0.15) is 0 Å². The standard InChI is InChI=1S/C19H24BrN7O/c1-21-18(24-10-7-17(28)25-16-5-3-15(20)4-6-16)26-11-13-27(14-12-26)19-22-8-2-9-23-19/h2-6,8-9H,7,10-14H2,1H3,(H,21,24)(H,25,28). The number of halogens is 1. The first-order valence-electron chi connectivity index (χ1n) is 9.18.